The van der Waals surface area contributed by atoms with E-state index in [0.29, 0.717) is 22.4 Å². The molecule has 0 bridgehead atoms. The zero-order valence-electron chi connectivity index (χ0n) is 15.0. The van der Waals surface area contributed by atoms with Crippen LogP contribution in [0, 0.1) is 0 Å². The van der Waals surface area contributed by atoms with E-state index in [-0.39, 0.29) is 12.3 Å². The molecule has 0 radical (unpaired) electrons. The molecule has 29 heavy (non-hydrogen) atoms. The highest BCUT2D eigenvalue weighted by molar-refractivity contribution is 6.42. The third-order valence-electron chi connectivity index (χ3n) is 4.25. The second-order valence-corrected chi connectivity index (χ2v) is 7.02. The van der Waals surface area contributed by atoms with Gasteiger partial charge in [0, 0.05) is 6.07 Å². The zero-order valence-corrected chi connectivity index (χ0v) is 16.5. The van der Waals surface area contributed by atoms with Crippen LogP contribution < -0.4 is 5.32 Å². The van der Waals surface area contributed by atoms with E-state index in [9.17, 15) is 4.79 Å². The van der Waals surface area contributed by atoms with Crippen molar-refractivity contribution in [2.45, 2.75) is 13.0 Å². The molecule has 0 spiro atoms. The van der Waals surface area contributed by atoms with Crippen LogP contribution in [0.2, 0.25) is 10.0 Å². The number of amides is 1. The number of carbonyl (C=O) groups is 1. The summed E-state index contributed by atoms with van der Waals surface area (Å²) in [5.74, 6) is 0.426. The van der Waals surface area contributed by atoms with E-state index >= 15 is 0 Å². The molecular formula is C19H15Cl2N7O. The molecule has 8 nitrogen and oxygen atoms in total. The highest BCUT2D eigenvalue weighted by Crippen LogP contribution is 2.26. The van der Waals surface area contributed by atoms with Crippen LogP contribution in [0.15, 0.2) is 61.1 Å². The lowest BCUT2D eigenvalue weighted by molar-refractivity contribution is -0.115. The van der Waals surface area contributed by atoms with Gasteiger partial charge in [-0.05, 0) is 39.8 Å². The maximum absolute atomic E-state index is 12.5. The molecule has 0 aliphatic rings. The van der Waals surface area contributed by atoms with E-state index in [2.05, 4.69) is 25.9 Å². The SMILES string of the molecule is O=C(Cc1ccc(-n2cnnn2)cc1)Nc1ccnn1Cc1cccc(Cl)c1Cl. The smallest absolute Gasteiger partial charge is 0.229 e. The lowest BCUT2D eigenvalue weighted by Crippen LogP contribution is -2.18. The van der Waals surface area contributed by atoms with Crippen molar-refractivity contribution < 1.29 is 4.79 Å². The van der Waals surface area contributed by atoms with Crippen molar-refractivity contribution in [3.8, 4) is 5.69 Å². The number of rotatable bonds is 6. The van der Waals surface area contributed by atoms with E-state index in [1.807, 2.05) is 36.4 Å². The maximum atomic E-state index is 12.5. The van der Waals surface area contributed by atoms with E-state index in [1.54, 1.807) is 27.7 Å². The molecule has 2 aromatic heterocycles. The summed E-state index contributed by atoms with van der Waals surface area (Å²) in [5, 5.41) is 19.1. The van der Waals surface area contributed by atoms with Crippen molar-refractivity contribution >= 4 is 34.9 Å². The van der Waals surface area contributed by atoms with E-state index in [4.69, 9.17) is 23.2 Å². The fourth-order valence-electron chi connectivity index (χ4n) is 2.82. The number of halogens is 2. The second-order valence-electron chi connectivity index (χ2n) is 6.23. The fourth-order valence-corrected chi connectivity index (χ4v) is 3.20. The summed E-state index contributed by atoms with van der Waals surface area (Å²) < 4.78 is 3.21. The lowest BCUT2D eigenvalue weighted by Gasteiger charge is -2.11. The van der Waals surface area contributed by atoms with Gasteiger partial charge >= 0.3 is 0 Å². The molecule has 0 saturated heterocycles. The Morgan fingerprint density at radius 1 is 1.07 bits per heavy atom. The van der Waals surface area contributed by atoms with Crippen molar-refractivity contribution in [1.82, 2.24) is 30.0 Å². The molecule has 0 saturated carbocycles. The Kier molecular flexibility index (Phi) is 5.55. The monoisotopic (exact) mass is 427 g/mol. The predicted molar refractivity (Wildman–Crippen MR) is 109 cm³/mol. The first-order chi connectivity index (χ1) is 14.1. The van der Waals surface area contributed by atoms with Crippen LogP contribution in [0.4, 0.5) is 5.82 Å². The zero-order chi connectivity index (χ0) is 20.2. The maximum Gasteiger partial charge on any atom is 0.229 e. The molecule has 1 N–H and O–H groups in total. The third kappa shape index (κ3) is 4.44. The van der Waals surface area contributed by atoms with Gasteiger partial charge in [-0.1, -0.05) is 47.5 Å². The third-order valence-corrected chi connectivity index (χ3v) is 5.11. The normalized spacial score (nSPS) is 10.8. The molecule has 4 aromatic rings. The van der Waals surface area contributed by atoms with Crippen molar-refractivity contribution in [2.24, 2.45) is 0 Å². The van der Waals surface area contributed by atoms with Gasteiger partial charge in [0.1, 0.15) is 12.1 Å². The lowest BCUT2D eigenvalue weighted by atomic mass is 10.1. The second kappa shape index (κ2) is 8.42. The average molecular weight is 428 g/mol. The number of carbonyl (C=O) groups excluding carboxylic acids is 1. The topological polar surface area (TPSA) is 90.5 Å². The van der Waals surface area contributed by atoms with Gasteiger partial charge < -0.3 is 5.32 Å². The van der Waals surface area contributed by atoms with Gasteiger partial charge in [0.05, 0.1) is 34.9 Å². The van der Waals surface area contributed by atoms with E-state index in [0.717, 1.165) is 16.8 Å². The first-order valence-electron chi connectivity index (χ1n) is 8.67. The summed E-state index contributed by atoms with van der Waals surface area (Å²) in [6.07, 6.45) is 3.35. The summed E-state index contributed by atoms with van der Waals surface area (Å²) >= 11 is 12.3. The van der Waals surface area contributed by atoms with Gasteiger partial charge in [0.2, 0.25) is 5.91 Å². The summed E-state index contributed by atoms with van der Waals surface area (Å²) in [5.41, 5.74) is 2.50. The van der Waals surface area contributed by atoms with Gasteiger partial charge in [-0.25, -0.2) is 9.36 Å². The van der Waals surface area contributed by atoms with Crippen molar-refractivity contribution in [2.75, 3.05) is 5.32 Å². The minimum atomic E-state index is -0.154. The first kappa shape index (κ1) is 19.1. The highest BCUT2D eigenvalue weighted by atomic mass is 35.5. The Hall–Kier alpha value is -3.23. The van der Waals surface area contributed by atoms with Crippen LogP contribution in [0.5, 0.6) is 0 Å². The van der Waals surface area contributed by atoms with Gasteiger partial charge in [-0.2, -0.15) is 5.10 Å². The number of nitrogens with one attached hydrogen (secondary N) is 1. The van der Waals surface area contributed by atoms with E-state index in [1.165, 1.54) is 6.33 Å². The molecule has 2 heterocycles. The van der Waals surface area contributed by atoms with Crippen LogP contribution in [0.1, 0.15) is 11.1 Å². The van der Waals surface area contributed by atoms with Crippen LogP contribution in [0.3, 0.4) is 0 Å². The van der Waals surface area contributed by atoms with Crippen LogP contribution >= 0.6 is 23.2 Å². The molecule has 146 valence electrons. The number of hydrogen-bond acceptors (Lipinski definition) is 5. The van der Waals surface area contributed by atoms with Gasteiger partial charge in [0.25, 0.3) is 0 Å². The van der Waals surface area contributed by atoms with Gasteiger partial charge in [-0.3, -0.25) is 4.79 Å². The number of tetrazole rings is 1. The molecule has 0 aliphatic heterocycles. The molecule has 10 heteroatoms. The number of nitrogens with zero attached hydrogens (tertiary/aromatic N) is 6. The molecule has 0 fully saturated rings. The number of hydrogen-bond donors (Lipinski definition) is 1. The first-order valence-corrected chi connectivity index (χ1v) is 9.42. The van der Waals surface area contributed by atoms with Crippen LogP contribution in [-0.2, 0) is 17.8 Å². The largest absolute Gasteiger partial charge is 0.311 e. The Morgan fingerprint density at radius 3 is 2.66 bits per heavy atom. The molecule has 4 rings (SSSR count). The van der Waals surface area contributed by atoms with Gasteiger partial charge in [0.15, 0.2) is 0 Å². The summed E-state index contributed by atoms with van der Waals surface area (Å²) in [7, 11) is 0. The molecular weight excluding hydrogens is 413 g/mol. The number of anilines is 1. The molecule has 0 unspecified atom stereocenters. The standard InChI is InChI=1S/C19H15Cl2N7O/c20-16-3-1-2-14(19(16)21)11-27-17(8-9-23-27)24-18(29)10-13-4-6-15(7-5-13)28-12-22-25-26-28/h1-9,12H,10-11H2,(H,24,29). The Balaban J connectivity index is 1.42. The number of aromatic nitrogens is 6. The van der Waals surface area contributed by atoms with Gasteiger partial charge in [-0.15, -0.1) is 5.10 Å². The number of benzene rings is 2. The Labute approximate surface area is 176 Å². The van der Waals surface area contributed by atoms with Crippen molar-refractivity contribution in [3.63, 3.8) is 0 Å². The predicted octanol–water partition coefficient (Wildman–Crippen LogP) is 3.40. The summed E-state index contributed by atoms with van der Waals surface area (Å²) in [6, 6.07) is 14.6. The molecule has 2 aromatic carbocycles. The quantitative estimate of drug-likeness (QED) is 0.509. The molecule has 0 atom stereocenters. The van der Waals surface area contributed by atoms with Crippen LogP contribution in [-0.4, -0.2) is 35.9 Å². The van der Waals surface area contributed by atoms with Crippen molar-refractivity contribution in [3.05, 3.63) is 82.2 Å². The minimum absolute atomic E-state index is 0.154. The van der Waals surface area contributed by atoms with Crippen molar-refractivity contribution in [1.29, 1.82) is 0 Å². The highest BCUT2D eigenvalue weighted by Gasteiger charge is 2.11. The molecule has 1 amide bonds. The fraction of sp³-hybridized carbons (Fsp3) is 0.105. The summed E-state index contributed by atoms with van der Waals surface area (Å²) in [4.78, 5) is 12.5. The average Bonchev–Trinajstić information content (AvgIpc) is 3.39. The summed E-state index contributed by atoms with van der Waals surface area (Å²) in [6.45, 7) is 0.392. The minimum Gasteiger partial charge on any atom is -0.311 e. The molecule has 0 aliphatic carbocycles. The van der Waals surface area contributed by atoms with Crippen LogP contribution in [0.25, 0.3) is 5.69 Å². The Morgan fingerprint density at radius 2 is 1.90 bits per heavy atom. The van der Waals surface area contributed by atoms with E-state index < -0.39 is 0 Å². The Bertz CT molecular complexity index is 1120.